The van der Waals surface area contributed by atoms with Crippen molar-refractivity contribution in [2.24, 2.45) is 10.2 Å². The fraction of sp³-hybridized carbons (Fsp3) is 0.118. The fourth-order valence-electron chi connectivity index (χ4n) is 2.80. The summed E-state index contributed by atoms with van der Waals surface area (Å²) in [6, 6.07) is 9.94. The van der Waals surface area contributed by atoms with Gasteiger partial charge in [-0.1, -0.05) is 18.2 Å². The first-order valence-corrected chi connectivity index (χ1v) is 7.63. The molecule has 0 aliphatic carbocycles. The van der Waals surface area contributed by atoms with Gasteiger partial charge in [0.1, 0.15) is 0 Å². The summed E-state index contributed by atoms with van der Waals surface area (Å²) >= 11 is 0. The lowest BCUT2D eigenvalue weighted by Crippen LogP contribution is -2.25. The monoisotopic (exact) mass is 352 g/mol. The number of nitro groups is 1. The minimum absolute atomic E-state index is 0.00695. The number of carbonyl (C=O) groups excluding carboxylic acids is 1. The smallest absolute Gasteiger partial charge is 0.282 e. The lowest BCUT2D eigenvalue weighted by molar-refractivity contribution is -0.385. The molecule has 0 unspecified atom stereocenters. The third-order valence-electron chi connectivity index (χ3n) is 4.10. The molecule has 0 radical (unpaired) electrons. The van der Waals surface area contributed by atoms with E-state index in [0.717, 1.165) is 5.69 Å². The molecule has 130 valence electrons. The number of benzene rings is 2. The SMILES string of the molecule is CN1C(=O)/C(=N/N=C\c2cc3c(cc2[N+](=O)[O-])OCO3)c2ccccc21. The normalized spacial score (nSPS) is 16.6. The molecule has 2 aliphatic rings. The number of nitrogens with zero attached hydrogens (tertiary/aromatic N) is 4. The van der Waals surface area contributed by atoms with E-state index in [4.69, 9.17) is 9.47 Å². The van der Waals surface area contributed by atoms with E-state index in [2.05, 4.69) is 10.2 Å². The molecule has 0 atom stereocenters. The quantitative estimate of drug-likeness (QED) is 0.478. The van der Waals surface area contributed by atoms with Crippen molar-refractivity contribution in [3.8, 4) is 11.5 Å². The molecule has 2 heterocycles. The summed E-state index contributed by atoms with van der Waals surface area (Å²) in [5.41, 5.74) is 1.60. The summed E-state index contributed by atoms with van der Waals surface area (Å²) in [5.74, 6) is 0.414. The second kappa shape index (κ2) is 5.96. The van der Waals surface area contributed by atoms with Gasteiger partial charge in [0.2, 0.25) is 6.79 Å². The van der Waals surface area contributed by atoms with Crippen LogP contribution < -0.4 is 14.4 Å². The van der Waals surface area contributed by atoms with Crippen molar-refractivity contribution in [1.29, 1.82) is 0 Å². The Hall–Kier alpha value is -3.75. The third kappa shape index (κ3) is 2.46. The number of hydrogen-bond donors (Lipinski definition) is 0. The predicted octanol–water partition coefficient (Wildman–Crippen LogP) is 2.12. The van der Waals surface area contributed by atoms with Crippen LogP contribution in [0.1, 0.15) is 11.1 Å². The Morgan fingerprint density at radius 1 is 1.23 bits per heavy atom. The molecule has 2 aromatic rings. The minimum atomic E-state index is -0.541. The molecule has 0 N–H and O–H groups in total. The van der Waals surface area contributed by atoms with E-state index < -0.39 is 4.92 Å². The number of anilines is 1. The molecular formula is C17H12N4O5. The standard InChI is InChI=1S/C17H12N4O5/c1-20-12-5-3-2-4-11(12)16(17(20)22)19-18-8-10-6-14-15(26-9-25-14)7-13(10)21(23)24/h2-8H,9H2,1H3/b18-8-,19-16+. The van der Waals surface area contributed by atoms with Gasteiger partial charge in [-0.15, -0.1) is 5.10 Å². The van der Waals surface area contributed by atoms with E-state index in [9.17, 15) is 14.9 Å². The van der Waals surface area contributed by atoms with Gasteiger partial charge in [-0.2, -0.15) is 5.10 Å². The van der Waals surface area contributed by atoms with Crippen molar-refractivity contribution in [3.05, 3.63) is 57.6 Å². The van der Waals surface area contributed by atoms with Crippen LogP contribution in [-0.4, -0.2) is 36.6 Å². The summed E-state index contributed by atoms with van der Waals surface area (Å²) in [4.78, 5) is 24.5. The molecule has 2 aliphatic heterocycles. The van der Waals surface area contributed by atoms with Gasteiger partial charge in [-0.25, -0.2) is 0 Å². The molecule has 26 heavy (non-hydrogen) atoms. The Morgan fingerprint density at radius 2 is 1.96 bits per heavy atom. The molecule has 0 saturated carbocycles. The third-order valence-corrected chi connectivity index (χ3v) is 4.10. The number of rotatable bonds is 3. The van der Waals surface area contributed by atoms with Gasteiger partial charge in [0.15, 0.2) is 17.2 Å². The van der Waals surface area contributed by atoms with Crippen molar-refractivity contribution in [1.82, 2.24) is 0 Å². The second-order valence-electron chi connectivity index (χ2n) is 5.60. The zero-order chi connectivity index (χ0) is 18.3. The van der Waals surface area contributed by atoms with E-state index >= 15 is 0 Å². The first-order valence-electron chi connectivity index (χ1n) is 7.63. The maximum absolute atomic E-state index is 12.3. The summed E-state index contributed by atoms with van der Waals surface area (Å²) < 4.78 is 10.4. The Balaban J connectivity index is 1.71. The highest BCUT2D eigenvalue weighted by molar-refractivity contribution is 6.54. The van der Waals surface area contributed by atoms with Gasteiger partial charge >= 0.3 is 0 Å². The van der Waals surface area contributed by atoms with E-state index in [-0.39, 0.29) is 29.7 Å². The number of likely N-dealkylation sites (N-methyl/N-ethyl adjacent to an activating group) is 1. The molecule has 2 aromatic carbocycles. The Kier molecular flexibility index (Phi) is 3.61. The number of carbonyl (C=O) groups is 1. The van der Waals surface area contributed by atoms with Crippen molar-refractivity contribution >= 4 is 29.2 Å². The number of amides is 1. The van der Waals surface area contributed by atoms with E-state index in [1.807, 2.05) is 12.1 Å². The van der Waals surface area contributed by atoms with Crippen molar-refractivity contribution in [2.45, 2.75) is 0 Å². The second-order valence-corrected chi connectivity index (χ2v) is 5.60. The van der Waals surface area contributed by atoms with Gasteiger partial charge in [0.05, 0.1) is 28.5 Å². The van der Waals surface area contributed by atoms with Crippen LogP contribution in [-0.2, 0) is 4.79 Å². The zero-order valence-corrected chi connectivity index (χ0v) is 13.6. The van der Waals surface area contributed by atoms with Crippen LogP contribution in [0.2, 0.25) is 0 Å². The first kappa shape index (κ1) is 15.8. The fourth-order valence-corrected chi connectivity index (χ4v) is 2.80. The maximum Gasteiger partial charge on any atom is 0.282 e. The molecule has 0 fully saturated rings. The Bertz CT molecular complexity index is 999. The largest absolute Gasteiger partial charge is 0.454 e. The van der Waals surface area contributed by atoms with Crippen LogP contribution in [0.25, 0.3) is 0 Å². The molecule has 9 nitrogen and oxygen atoms in total. The molecule has 4 rings (SSSR count). The molecule has 9 heteroatoms. The van der Waals surface area contributed by atoms with Gasteiger partial charge in [-0.3, -0.25) is 14.9 Å². The van der Waals surface area contributed by atoms with E-state index in [1.165, 1.54) is 23.2 Å². The zero-order valence-electron chi connectivity index (χ0n) is 13.6. The van der Waals surface area contributed by atoms with Crippen LogP contribution in [0.3, 0.4) is 0 Å². The molecule has 0 aromatic heterocycles. The lowest BCUT2D eigenvalue weighted by Gasteiger charge is -2.07. The van der Waals surface area contributed by atoms with Crippen LogP contribution in [0.4, 0.5) is 11.4 Å². The summed E-state index contributed by atoms with van der Waals surface area (Å²) in [6.45, 7) is 0.00695. The number of ether oxygens (including phenoxy) is 2. The molecule has 0 bridgehead atoms. The molecule has 0 spiro atoms. The van der Waals surface area contributed by atoms with Crippen molar-refractivity contribution < 1.29 is 19.2 Å². The Morgan fingerprint density at radius 3 is 2.73 bits per heavy atom. The lowest BCUT2D eigenvalue weighted by atomic mass is 10.1. The van der Waals surface area contributed by atoms with E-state index in [1.54, 1.807) is 19.2 Å². The highest BCUT2D eigenvalue weighted by Gasteiger charge is 2.31. The van der Waals surface area contributed by atoms with Gasteiger partial charge in [0, 0.05) is 12.6 Å². The van der Waals surface area contributed by atoms with Gasteiger partial charge in [0.25, 0.3) is 11.6 Å². The van der Waals surface area contributed by atoms with Crippen molar-refractivity contribution in [3.63, 3.8) is 0 Å². The minimum Gasteiger partial charge on any atom is -0.454 e. The summed E-state index contributed by atoms with van der Waals surface area (Å²) in [6.07, 6.45) is 1.22. The van der Waals surface area contributed by atoms with Crippen molar-refractivity contribution in [2.75, 3.05) is 18.7 Å². The molecule has 0 saturated heterocycles. The highest BCUT2D eigenvalue weighted by atomic mass is 16.7. The summed E-state index contributed by atoms with van der Waals surface area (Å²) in [7, 11) is 1.65. The number of para-hydroxylation sites is 1. The van der Waals surface area contributed by atoms with Gasteiger partial charge < -0.3 is 14.4 Å². The maximum atomic E-state index is 12.3. The predicted molar refractivity (Wildman–Crippen MR) is 93.2 cm³/mol. The molecule has 1 amide bonds. The highest BCUT2D eigenvalue weighted by Crippen LogP contribution is 2.37. The number of fused-ring (bicyclic) bond motifs is 2. The average molecular weight is 352 g/mol. The van der Waals surface area contributed by atoms with Crippen LogP contribution >= 0.6 is 0 Å². The number of nitro benzene ring substituents is 1. The molecular weight excluding hydrogens is 340 g/mol. The topological polar surface area (TPSA) is 107 Å². The first-order chi connectivity index (χ1) is 12.6. The van der Waals surface area contributed by atoms with Crippen LogP contribution in [0.15, 0.2) is 46.6 Å². The average Bonchev–Trinajstić information content (AvgIpc) is 3.19. The van der Waals surface area contributed by atoms with Crippen LogP contribution in [0, 0.1) is 10.1 Å². The Labute approximate surface area is 147 Å². The van der Waals surface area contributed by atoms with Crippen LogP contribution in [0.5, 0.6) is 11.5 Å². The van der Waals surface area contributed by atoms with E-state index in [0.29, 0.717) is 17.1 Å². The summed E-state index contributed by atoms with van der Waals surface area (Å²) in [5, 5.41) is 19.1. The van der Waals surface area contributed by atoms with Gasteiger partial charge in [-0.05, 0) is 12.1 Å². The number of hydrogen-bond acceptors (Lipinski definition) is 7.